The van der Waals surface area contributed by atoms with Crippen LogP contribution in [0.3, 0.4) is 0 Å². The summed E-state index contributed by atoms with van der Waals surface area (Å²) in [7, 11) is 0. The van der Waals surface area contributed by atoms with Gasteiger partial charge in [0.05, 0.1) is 22.2 Å². The molecule has 0 radical (unpaired) electrons. The Balaban J connectivity index is 1.86. The topological polar surface area (TPSA) is 107 Å². The molecule has 3 rings (SSSR count). The standard InChI is InChI=1S/C18H16N4O4/c1-11-3-4-13(7-12(11)2)20-17(23)9-21-10-19-16-6-5-14(22(25)26)8-15(16)18(21)24/h3-8,10H,9H2,1-2H3,(H,20,23). The van der Waals surface area contributed by atoms with Gasteiger partial charge in [-0.3, -0.25) is 24.3 Å². The lowest BCUT2D eigenvalue weighted by molar-refractivity contribution is -0.384. The highest BCUT2D eigenvalue weighted by Crippen LogP contribution is 2.16. The third-order valence-electron chi connectivity index (χ3n) is 4.12. The number of carbonyl (C=O) groups excluding carboxylic acids is 1. The van der Waals surface area contributed by atoms with Gasteiger partial charge in [0, 0.05) is 17.8 Å². The van der Waals surface area contributed by atoms with Gasteiger partial charge >= 0.3 is 0 Å². The number of amides is 1. The molecule has 0 atom stereocenters. The van der Waals surface area contributed by atoms with Crippen molar-refractivity contribution in [2.24, 2.45) is 0 Å². The molecule has 1 aromatic heterocycles. The first-order chi connectivity index (χ1) is 12.3. The van der Waals surface area contributed by atoms with E-state index < -0.39 is 10.5 Å². The molecule has 0 saturated heterocycles. The van der Waals surface area contributed by atoms with Crippen LogP contribution in [0.5, 0.6) is 0 Å². The van der Waals surface area contributed by atoms with Crippen LogP contribution in [0.15, 0.2) is 47.5 Å². The molecule has 1 N–H and O–H groups in total. The van der Waals surface area contributed by atoms with E-state index in [0.717, 1.165) is 15.7 Å². The van der Waals surface area contributed by atoms with E-state index in [0.29, 0.717) is 11.2 Å². The van der Waals surface area contributed by atoms with Crippen LogP contribution in [-0.4, -0.2) is 20.4 Å². The minimum Gasteiger partial charge on any atom is -0.325 e. The van der Waals surface area contributed by atoms with Gasteiger partial charge in [-0.2, -0.15) is 0 Å². The highest BCUT2D eigenvalue weighted by atomic mass is 16.6. The summed E-state index contributed by atoms with van der Waals surface area (Å²) in [4.78, 5) is 39.1. The highest BCUT2D eigenvalue weighted by molar-refractivity contribution is 5.91. The number of fused-ring (bicyclic) bond motifs is 1. The zero-order chi connectivity index (χ0) is 18.8. The van der Waals surface area contributed by atoms with Gasteiger partial charge in [-0.1, -0.05) is 6.07 Å². The number of aromatic nitrogens is 2. The summed E-state index contributed by atoms with van der Waals surface area (Å²) in [6.07, 6.45) is 1.26. The molecule has 8 nitrogen and oxygen atoms in total. The second-order valence-corrected chi connectivity index (χ2v) is 5.98. The van der Waals surface area contributed by atoms with E-state index in [9.17, 15) is 19.7 Å². The number of carbonyl (C=O) groups is 1. The van der Waals surface area contributed by atoms with Gasteiger partial charge in [0.25, 0.3) is 11.2 Å². The normalized spacial score (nSPS) is 10.7. The molecule has 0 aliphatic heterocycles. The summed E-state index contributed by atoms with van der Waals surface area (Å²) in [5.41, 5.74) is 2.42. The Kier molecular flexibility index (Phi) is 4.49. The lowest BCUT2D eigenvalue weighted by atomic mass is 10.1. The van der Waals surface area contributed by atoms with Crippen LogP contribution >= 0.6 is 0 Å². The number of non-ortho nitro benzene ring substituents is 1. The van der Waals surface area contributed by atoms with Crippen molar-refractivity contribution in [2.75, 3.05) is 5.32 Å². The lowest BCUT2D eigenvalue weighted by Gasteiger charge is -2.09. The molecule has 132 valence electrons. The smallest absolute Gasteiger partial charge is 0.270 e. The zero-order valence-electron chi connectivity index (χ0n) is 14.2. The highest BCUT2D eigenvalue weighted by Gasteiger charge is 2.12. The molecular weight excluding hydrogens is 336 g/mol. The van der Waals surface area contributed by atoms with Gasteiger partial charge in [-0.25, -0.2) is 4.98 Å². The maximum Gasteiger partial charge on any atom is 0.270 e. The quantitative estimate of drug-likeness (QED) is 0.573. The van der Waals surface area contributed by atoms with Gasteiger partial charge in [-0.15, -0.1) is 0 Å². The monoisotopic (exact) mass is 352 g/mol. The number of rotatable bonds is 4. The Morgan fingerprint density at radius 3 is 2.65 bits per heavy atom. The van der Waals surface area contributed by atoms with Crippen molar-refractivity contribution in [3.05, 3.63) is 74.3 Å². The van der Waals surface area contributed by atoms with Crippen molar-refractivity contribution < 1.29 is 9.72 Å². The molecule has 0 aliphatic carbocycles. The van der Waals surface area contributed by atoms with Crippen LogP contribution in [0.1, 0.15) is 11.1 Å². The SMILES string of the molecule is Cc1ccc(NC(=O)Cn2cnc3ccc([N+](=O)[O-])cc3c2=O)cc1C. The number of aryl methyl sites for hydroxylation is 2. The number of hydrogen-bond donors (Lipinski definition) is 1. The van der Waals surface area contributed by atoms with Gasteiger partial charge in [-0.05, 0) is 43.2 Å². The number of hydrogen-bond acceptors (Lipinski definition) is 5. The van der Waals surface area contributed by atoms with Crippen molar-refractivity contribution in [1.29, 1.82) is 0 Å². The van der Waals surface area contributed by atoms with E-state index in [-0.39, 0.29) is 23.5 Å². The molecule has 0 fully saturated rings. The molecule has 0 bridgehead atoms. The van der Waals surface area contributed by atoms with Crippen LogP contribution in [0.2, 0.25) is 0 Å². The molecule has 0 aliphatic rings. The number of anilines is 1. The van der Waals surface area contributed by atoms with E-state index in [2.05, 4.69) is 10.3 Å². The molecule has 0 unspecified atom stereocenters. The van der Waals surface area contributed by atoms with E-state index in [1.54, 1.807) is 6.07 Å². The Morgan fingerprint density at radius 1 is 1.19 bits per heavy atom. The first-order valence-electron chi connectivity index (χ1n) is 7.86. The van der Waals surface area contributed by atoms with E-state index >= 15 is 0 Å². The molecule has 26 heavy (non-hydrogen) atoms. The van der Waals surface area contributed by atoms with Crippen molar-refractivity contribution in [1.82, 2.24) is 9.55 Å². The van der Waals surface area contributed by atoms with Gasteiger partial charge in [0.15, 0.2) is 0 Å². The van der Waals surface area contributed by atoms with E-state index in [1.807, 2.05) is 26.0 Å². The molecule has 0 saturated carbocycles. The summed E-state index contributed by atoms with van der Waals surface area (Å²) < 4.78 is 1.13. The maximum atomic E-state index is 12.5. The fourth-order valence-electron chi connectivity index (χ4n) is 2.55. The van der Waals surface area contributed by atoms with Crippen LogP contribution < -0.4 is 10.9 Å². The molecule has 1 amide bonds. The molecule has 8 heteroatoms. The fourth-order valence-corrected chi connectivity index (χ4v) is 2.55. The van der Waals surface area contributed by atoms with Gasteiger partial charge < -0.3 is 5.32 Å². The third-order valence-corrected chi connectivity index (χ3v) is 4.12. The number of nitrogens with zero attached hydrogens (tertiary/aromatic N) is 3. The molecule has 3 aromatic rings. The third kappa shape index (κ3) is 3.44. The lowest BCUT2D eigenvalue weighted by Crippen LogP contribution is -2.28. The summed E-state index contributed by atoms with van der Waals surface area (Å²) in [5, 5.41) is 13.7. The van der Waals surface area contributed by atoms with E-state index in [4.69, 9.17) is 0 Å². The Bertz CT molecular complexity index is 1090. The Morgan fingerprint density at radius 2 is 1.96 bits per heavy atom. The van der Waals surface area contributed by atoms with Gasteiger partial charge in [0.2, 0.25) is 5.91 Å². The van der Waals surface area contributed by atoms with Crippen LogP contribution in [-0.2, 0) is 11.3 Å². The van der Waals surface area contributed by atoms with E-state index in [1.165, 1.54) is 24.5 Å². The predicted molar refractivity (Wildman–Crippen MR) is 97.2 cm³/mol. The molecule has 0 spiro atoms. The predicted octanol–water partition coefficient (Wildman–Crippen LogP) is 2.56. The summed E-state index contributed by atoms with van der Waals surface area (Å²) in [6.45, 7) is 3.67. The fraction of sp³-hybridized carbons (Fsp3) is 0.167. The molecule has 1 heterocycles. The summed E-state index contributed by atoms with van der Waals surface area (Å²) >= 11 is 0. The molecule has 2 aromatic carbocycles. The van der Waals surface area contributed by atoms with Crippen molar-refractivity contribution in [3.63, 3.8) is 0 Å². The Labute approximate surface area is 148 Å². The number of benzene rings is 2. The van der Waals surface area contributed by atoms with Crippen molar-refractivity contribution >= 4 is 28.2 Å². The van der Waals surface area contributed by atoms with Crippen LogP contribution in [0.25, 0.3) is 10.9 Å². The second kappa shape index (κ2) is 6.75. The van der Waals surface area contributed by atoms with Crippen LogP contribution in [0, 0.1) is 24.0 Å². The Hall–Kier alpha value is -3.55. The van der Waals surface area contributed by atoms with Crippen molar-refractivity contribution in [2.45, 2.75) is 20.4 Å². The summed E-state index contributed by atoms with van der Waals surface area (Å²) in [6, 6.07) is 9.39. The minimum absolute atomic E-state index is 0.0979. The average Bonchev–Trinajstić information content (AvgIpc) is 2.60. The number of nitro benzene ring substituents is 1. The number of nitro groups is 1. The van der Waals surface area contributed by atoms with Crippen LogP contribution in [0.4, 0.5) is 11.4 Å². The average molecular weight is 352 g/mol. The summed E-state index contributed by atoms with van der Waals surface area (Å²) in [5.74, 6) is -0.387. The molecular formula is C18H16N4O4. The number of nitrogens with one attached hydrogen (secondary N) is 1. The minimum atomic E-state index is -0.581. The first-order valence-corrected chi connectivity index (χ1v) is 7.86. The first kappa shape index (κ1) is 17.3. The van der Waals surface area contributed by atoms with Gasteiger partial charge in [0.1, 0.15) is 6.54 Å². The van der Waals surface area contributed by atoms with Crippen molar-refractivity contribution in [3.8, 4) is 0 Å². The largest absolute Gasteiger partial charge is 0.325 e. The zero-order valence-corrected chi connectivity index (χ0v) is 14.2. The maximum absolute atomic E-state index is 12.5. The second-order valence-electron chi connectivity index (χ2n) is 5.98.